The fourth-order valence-electron chi connectivity index (χ4n) is 2.61. The van der Waals surface area contributed by atoms with E-state index < -0.39 is 17.5 Å². The molecule has 0 heterocycles. The van der Waals surface area contributed by atoms with Gasteiger partial charge in [0.05, 0.1) is 26.3 Å². The van der Waals surface area contributed by atoms with Crippen molar-refractivity contribution in [1.82, 2.24) is 10.2 Å². The third-order valence-corrected chi connectivity index (χ3v) is 4.13. The number of nitrogens with zero attached hydrogens (tertiary/aromatic N) is 1. The number of amides is 2. The van der Waals surface area contributed by atoms with Gasteiger partial charge in [0, 0.05) is 19.2 Å². The minimum atomic E-state index is -0.984. The molecule has 0 spiro atoms. The molecule has 0 aliphatic heterocycles. The van der Waals surface area contributed by atoms with Gasteiger partial charge in [-0.15, -0.1) is 0 Å². The van der Waals surface area contributed by atoms with Crippen LogP contribution in [0.25, 0.3) is 0 Å². The summed E-state index contributed by atoms with van der Waals surface area (Å²) in [7, 11) is 3.06. The second-order valence-electron chi connectivity index (χ2n) is 5.90. The number of ether oxygens (including phenoxy) is 2. The Morgan fingerprint density at radius 2 is 1.75 bits per heavy atom. The first kappa shape index (κ1) is 21.1. The number of hydrogen-bond acceptors (Lipinski definition) is 4. The molecule has 0 saturated carbocycles. The highest BCUT2D eigenvalue weighted by atomic mass is 19.1. The van der Waals surface area contributed by atoms with Crippen molar-refractivity contribution in [3.63, 3.8) is 0 Å². The van der Waals surface area contributed by atoms with Gasteiger partial charge in [-0.2, -0.15) is 0 Å². The van der Waals surface area contributed by atoms with Crippen molar-refractivity contribution < 1.29 is 27.8 Å². The van der Waals surface area contributed by atoms with Gasteiger partial charge in [0.25, 0.3) is 5.91 Å². The molecule has 0 bridgehead atoms. The molecule has 6 nitrogen and oxygen atoms in total. The normalized spacial score (nSPS) is 10.3. The number of likely N-dealkylation sites (N-methyl/N-ethyl adjacent to an activating group) is 1. The predicted molar refractivity (Wildman–Crippen MR) is 99.3 cm³/mol. The van der Waals surface area contributed by atoms with E-state index in [9.17, 15) is 18.4 Å². The lowest BCUT2D eigenvalue weighted by Crippen LogP contribution is -2.40. The van der Waals surface area contributed by atoms with Crippen molar-refractivity contribution in [3.05, 3.63) is 59.2 Å². The molecule has 2 aromatic carbocycles. The van der Waals surface area contributed by atoms with Crippen LogP contribution >= 0.6 is 0 Å². The summed E-state index contributed by atoms with van der Waals surface area (Å²) >= 11 is 0. The minimum Gasteiger partial charge on any atom is -0.493 e. The van der Waals surface area contributed by atoms with E-state index in [0.29, 0.717) is 30.7 Å². The monoisotopic (exact) mass is 392 g/mol. The summed E-state index contributed by atoms with van der Waals surface area (Å²) in [5.41, 5.74) is 0.501. The molecular formula is C20H22F2N2O4. The van der Waals surface area contributed by atoms with E-state index in [2.05, 4.69) is 5.32 Å². The van der Waals surface area contributed by atoms with Gasteiger partial charge in [0.2, 0.25) is 5.91 Å². The van der Waals surface area contributed by atoms with E-state index in [1.54, 1.807) is 19.1 Å². The van der Waals surface area contributed by atoms with Crippen molar-refractivity contribution in [2.75, 3.05) is 27.3 Å². The van der Waals surface area contributed by atoms with Crippen LogP contribution in [0.1, 0.15) is 22.8 Å². The van der Waals surface area contributed by atoms with Crippen LogP contribution in [-0.2, 0) is 11.3 Å². The van der Waals surface area contributed by atoms with Crippen LogP contribution < -0.4 is 14.8 Å². The van der Waals surface area contributed by atoms with E-state index in [-0.39, 0.29) is 18.0 Å². The molecule has 150 valence electrons. The summed E-state index contributed by atoms with van der Waals surface area (Å²) in [5.74, 6) is -1.76. The quantitative estimate of drug-likeness (QED) is 0.750. The summed E-state index contributed by atoms with van der Waals surface area (Å²) in [4.78, 5) is 26.0. The molecule has 0 saturated heterocycles. The summed E-state index contributed by atoms with van der Waals surface area (Å²) in [6.45, 7) is 2.21. The summed E-state index contributed by atoms with van der Waals surface area (Å²) in [6, 6.07) is 7.95. The Hall–Kier alpha value is -3.16. The van der Waals surface area contributed by atoms with Crippen LogP contribution in [0, 0.1) is 11.6 Å². The van der Waals surface area contributed by atoms with Gasteiger partial charge in [-0.05, 0) is 36.8 Å². The number of rotatable bonds is 8. The summed E-state index contributed by atoms with van der Waals surface area (Å²) in [6.07, 6.45) is 0. The summed E-state index contributed by atoms with van der Waals surface area (Å²) in [5, 5.41) is 2.36. The molecule has 0 aromatic heterocycles. The van der Waals surface area contributed by atoms with Crippen molar-refractivity contribution in [2.45, 2.75) is 13.5 Å². The summed E-state index contributed by atoms with van der Waals surface area (Å²) < 4.78 is 37.0. The highest BCUT2D eigenvalue weighted by molar-refractivity contribution is 5.96. The second-order valence-corrected chi connectivity index (χ2v) is 5.90. The van der Waals surface area contributed by atoms with Gasteiger partial charge in [-0.1, -0.05) is 6.07 Å². The number of benzene rings is 2. The van der Waals surface area contributed by atoms with Gasteiger partial charge < -0.3 is 19.7 Å². The first-order chi connectivity index (χ1) is 13.4. The number of carbonyl (C=O) groups excluding carboxylic acids is 2. The Morgan fingerprint density at radius 3 is 2.36 bits per heavy atom. The van der Waals surface area contributed by atoms with Crippen molar-refractivity contribution in [2.24, 2.45) is 0 Å². The zero-order chi connectivity index (χ0) is 20.7. The molecule has 8 heteroatoms. The van der Waals surface area contributed by atoms with Gasteiger partial charge in [0.1, 0.15) is 11.6 Å². The van der Waals surface area contributed by atoms with Crippen molar-refractivity contribution >= 4 is 11.8 Å². The lowest BCUT2D eigenvalue weighted by Gasteiger charge is -2.22. The fraction of sp³-hybridized carbons (Fsp3) is 0.300. The molecule has 0 aliphatic rings. The Morgan fingerprint density at radius 1 is 1.04 bits per heavy atom. The minimum absolute atomic E-state index is 0.302. The van der Waals surface area contributed by atoms with Crippen LogP contribution in [0.5, 0.6) is 11.5 Å². The first-order valence-electron chi connectivity index (χ1n) is 8.61. The number of carbonyl (C=O) groups is 2. The first-order valence-corrected chi connectivity index (χ1v) is 8.61. The van der Waals surface area contributed by atoms with Crippen LogP contribution in [0.4, 0.5) is 8.78 Å². The van der Waals surface area contributed by atoms with E-state index in [1.165, 1.54) is 19.1 Å². The Labute approximate surface area is 162 Å². The SMILES string of the molecule is CCN(Cc1ccc(OC)c(OC)c1)C(=O)CNC(=O)c1ccc(F)cc1F. The molecule has 0 fully saturated rings. The van der Waals surface area contributed by atoms with Gasteiger partial charge in [0.15, 0.2) is 11.5 Å². The highest BCUT2D eigenvalue weighted by Gasteiger charge is 2.17. The van der Waals surface area contributed by atoms with Gasteiger partial charge in [-0.25, -0.2) is 8.78 Å². The molecule has 0 radical (unpaired) electrons. The van der Waals surface area contributed by atoms with E-state index in [1.807, 2.05) is 6.07 Å². The average molecular weight is 392 g/mol. The van der Waals surface area contributed by atoms with Gasteiger partial charge >= 0.3 is 0 Å². The van der Waals surface area contributed by atoms with Crippen LogP contribution in [0.15, 0.2) is 36.4 Å². The Balaban J connectivity index is 2.00. The molecule has 2 rings (SSSR count). The third-order valence-electron chi connectivity index (χ3n) is 4.13. The topological polar surface area (TPSA) is 67.9 Å². The van der Waals surface area contributed by atoms with Crippen LogP contribution in [0.2, 0.25) is 0 Å². The molecule has 28 heavy (non-hydrogen) atoms. The maximum atomic E-state index is 13.7. The second kappa shape index (κ2) is 9.68. The van der Waals surface area contributed by atoms with E-state index in [4.69, 9.17) is 9.47 Å². The maximum absolute atomic E-state index is 13.7. The number of halogens is 2. The molecule has 2 amide bonds. The lowest BCUT2D eigenvalue weighted by molar-refractivity contribution is -0.130. The zero-order valence-corrected chi connectivity index (χ0v) is 15.9. The molecule has 1 N–H and O–H groups in total. The standard InChI is InChI=1S/C20H22F2N2O4/c1-4-24(12-13-5-8-17(27-2)18(9-13)28-3)19(25)11-23-20(26)15-7-6-14(21)10-16(15)22/h5-10H,4,11-12H2,1-3H3,(H,23,26). The third kappa shape index (κ3) is 5.18. The average Bonchev–Trinajstić information content (AvgIpc) is 2.69. The molecule has 0 aliphatic carbocycles. The molecule has 0 unspecified atom stereocenters. The number of methoxy groups -OCH3 is 2. The maximum Gasteiger partial charge on any atom is 0.254 e. The molecular weight excluding hydrogens is 370 g/mol. The van der Waals surface area contributed by atoms with E-state index in [0.717, 1.165) is 17.7 Å². The Kier molecular flexibility index (Phi) is 7.31. The van der Waals surface area contributed by atoms with Crippen molar-refractivity contribution in [1.29, 1.82) is 0 Å². The van der Waals surface area contributed by atoms with Crippen LogP contribution in [0.3, 0.4) is 0 Å². The zero-order valence-electron chi connectivity index (χ0n) is 15.9. The number of hydrogen-bond donors (Lipinski definition) is 1. The Bertz CT molecular complexity index is 858. The number of nitrogens with one attached hydrogen (secondary N) is 1. The van der Waals surface area contributed by atoms with Crippen LogP contribution in [-0.4, -0.2) is 44.0 Å². The predicted octanol–water partition coefficient (Wildman–Crippen LogP) is 2.76. The largest absolute Gasteiger partial charge is 0.493 e. The lowest BCUT2D eigenvalue weighted by atomic mass is 10.1. The highest BCUT2D eigenvalue weighted by Crippen LogP contribution is 2.28. The van der Waals surface area contributed by atoms with Crippen molar-refractivity contribution in [3.8, 4) is 11.5 Å². The van der Waals surface area contributed by atoms with Gasteiger partial charge in [-0.3, -0.25) is 9.59 Å². The smallest absolute Gasteiger partial charge is 0.254 e. The molecule has 2 aromatic rings. The molecule has 0 atom stereocenters. The fourth-order valence-corrected chi connectivity index (χ4v) is 2.61. The van der Waals surface area contributed by atoms with E-state index >= 15 is 0 Å².